The van der Waals surface area contributed by atoms with Crippen LogP contribution in [0.15, 0.2) is 72.8 Å². The van der Waals surface area contributed by atoms with E-state index in [0.717, 1.165) is 17.5 Å². The zero-order valence-electron chi connectivity index (χ0n) is 22.1. The lowest BCUT2D eigenvalue weighted by Crippen LogP contribution is -2.39. The lowest BCUT2D eigenvalue weighted by atomic mass is 10.1. The smallest absolute Gasteiger partial charge is 0.407 e. The van der Waals surface area contributed by atoms with Crippen LogP contribution in [0.3, 0.4) is 0 Å². The second-order valence-electron chi connectivity index (χ2n) is 10.5. The number of carbonyl (C=O) groups excluding carboxylic acids is 2. The van der Waals surface area contributed by atoms with Crippen molar-refractivity contribution in [2.24, 2.45) is 0 Å². The number of nitrogens with two attached hydrogens (primary N) is 1. The summed E-state index contributed by atoms with van der Waals surface area (Å²) in [5, 5.41) is 9.13. The van der Waals surface area contributed by atoms with Crippen molar-refractivity contribution in [2.75, 3.05) is 22.6 Å². The Labute approximate surface area is 234 Å². The molecule has 9 nitrogen and oxygen atoms in total. The van der Waals surface area contributed by atoms with Crippen LogP contribution in [0.5, 0.6) is 0 Å². The van der Waals surface area contributed by atoms with Crippen molar-refractivity contribution >= 4 is 33.2 Å². The molecule has 2 amide bonds. The molecular formula is C30H34N4O5S. The SMILES string of the molecule is Nc1ccccc1NC(=O)c1ccc(CNC(=O)OCc2ccc(C3C[C@@H]3NC3CCS(=O)(=O)CC3)cc2)cc1. The second-order valence-corrected chi connectivity index (χ2v) is 12.8. The average molecular weight is 563 g/mol. The van der Waals surface area contributed by atoms with Gasteiger partial charge in [0.05, 0.1) is 22.9 Å². The van der Waals surface area contributed by atoms with Crippen molar-refractivity contribution in [1.29, 1.82) is 0 Å². The number of hydrogen-bond donors (Lipinski definition) is 4. The summed E-state index contributed by atoms with van der Waals surface area (Å²) in [5.41, 5.74) is 10.4. The summed E-state index contributed by atoms with van der Waals surface area (Å²) < 4.78 is 28.6. The number of carbonyl (C=O) groups is 2. The van der Waals surface area contributed by atoms with E-state index in [-0.39, 0.29) is 36.6 Å². The van der Waals surface area contributed by atoms with Gasteiger partial charge in [0.2, 0.25) is 0 Å². The number of anilines is 2. The van der Waals surface area contributed by atoms with Crippen LogP contribution in [-0.4, -0.2) is 44.0 Å². The standard InChI is InChI=1S/C30H34N4O5S/c31-26-3-1-2-4-27(26)34-29(35)23-11-5-20(6-12-23)18-32-30(36)39-19-21-7-9-22(10-8-21)25-17-28(25)33-24-13-15-40(37,38)16-14-24/h1-12,24-25,28,33H,13-19,31H2,(H,32,36)(H,34,35)/t25?,28-/m0/s1. The molecule has 2 atom stereocenters. The Morgan fingerprint density at radius 1 is 0.900 bits per heavy atom. The van der Waals surface area contributed by atoms with Gasteiger partial charge in [-0.05, 0) is 60.2 Å². The number of amides is 2. The molecule has 10 heteroatoms. The predicted octanol–water partition coefficient (Wildman–Crippen LogP) is 3.97. The Balaban J connectivity index is 1.01. The average Bonchev–Trinajstić information content (AvgIpc) is 3.72. The molecule has 40 heavy (non-hydrogen) atoms. The number of ether oxygens (including phenoxy) is 1. The van der Waals surface area contributed by atoms with Crippen LogP contribution in [0.4, 0.5) is 16.2 Å². The fourth-order valence-electron chi connectivity index (χ4n) is 4.92. The molecule has 1 saturated carbocycles. The number of alkyl carbamates (subject to hydrolysis) is 1. The maximum atomic E-state index is 12.5. The second kappa shape index (κ2) is 12.1. The topological polar surface area (TPSA) is 140 Å². The predicted molar refractivity (Wildman–Crippen MR) is 155 cm³/mol. The molecule has 5 N–H and O–H groups in total. The summed E-state index contributed by atoms with van der Waals surface area (Å²) in [6.07, 6.45) is 1.91. The Morgan fingerprint density at radius 3 is 2.27 bits per heavy atom. The number of nitrogen functional groups attached to an aromatic ring is 1. The number of nitrogens with one attached hydrogen (secondary N) is 3. The molecular weight excluding hydrogens is 528 g/mol. The first-order valence-electron chi connectivity index (χ1n) is 13.5. The lowest BCUT2D eigenvalue weighted by Gasteiger charge is -2.23. The minimum Gasteiger partial charge on any atom is -0.445 e. The minimum absolute atomic E-state index is 0.163. The molecule has 0 radical (unpaired) electrons. The van der Waals surface area contributed by atoms with Crippen molar-refractivity contribution in [3.8, 4) is 0 Å². The van der Waals surface area contributed by atoms with Gasteiger partial charge in [-0.2, -0.15) is 0 Å². The van der Waals surface area contributed by atoms with E-state index < -0.39 is 15.9 Å². The Morgan fingerprint density at radius 2 is 1.57 bits per heavy atom. The van der Waals surface area contributed by atoms with Gasteiger partial charge < -0.3 is 26.4 Å². The highest BCUT2D eigenvalue weighted by atomic mass is 32.2. The monoisotopic (exact) mass is 562 g/mol. The van der Waals surface area contributed by atoms with Gasteiger partial charge in [0.15, 0.2) is 0 Å². The summed E-state index contributed by atoms with van der Waals surface area (Å²) in [6, 6.07) is 22.7. The zero-order chi connectivity index (χ0) is 28.1. The van der Waals surface area contributed by atoms with Crippen LogP contribution < -0.4 is 21.7 Å². The molecule has 1 aliphatic heterocycles. The van der Waals surface area contributed by atoms with Crippen molar-refractivity contribution < 1.29 is 22.7 Å². The summed E-state index contributed by atoms with van der Waals surface area (Å²) >= 11 is 0. The summed E-state index contributed by atoms with van der Waals surface area (Å²) in [7, 11) is -2.84. The van der Waals surface area contributed by atoms with Crippen molar-refractivity contribution in [1.82, 2.24) is 10.6 Å². The summed E-state index contributed by atoms with van der Waals surface area (Å²) in [4.78, 5) is 24.7. The largest absolute Gasteiger partial charge is 0.445 e. The van der Waals surface area contributed by atoms with Gasteiger partial charge in [0.25, 0.3) is 5.91 Å². The first kappa shape index (κ1) is 27.7. The molecule has 0 bridgehead atoms. The Kier molecular flexibility index (Phi) is 8.37. The molecule has 1 heterocycles. The molecule has 3 aromatic rings. The zero-order valence-corrected chi connectivity index (χ0v) is 23.0. The number of hydrogen-bond acceptors (Lipinski definition) is 7. The number of sulfone groups is 1. The molecule has 3 aromatic carbocycles. The van der Waals surface area contributed by atoms with Gasteiger partial charge in [0, 0.05) is 30.1 Å². The molecule has 0 spiro atoms. The number of rotatable bonds is 9. The molecule has 2 aliphatic rings. The molecule has 210 valence electrons. The first-order valence-corrected chi connectivity index (χ1v) is 15.3. The van der Waals surface area contributed by atoms with Gasteiger partial charge in [-0.1, -0.05) is 48.5 Å². The Hall–Kier alpha value is -3.89. The number of benzene rings is 3. The normalized spacial score (nSPS) is 19.9. The molecule has 2 fully saturated rings. The lowest BCUT2D eigenvalue weighted by molar-refractivity contribution is 0.102. The summed E-state index contributed by atoms with van der Waals surface area (Å²) in [6.45, 7) is 0.436. The quantitative estimate of drug-likeness (QED) is 0.289. The third kappa shape index (κ3) is 7.40. The highest BCUT2D eigenvalue weighted by Crippen LogP contribution is 2.41. The third-order valence-electron chi connectivity index (χ3n) is 7.43. The van der Waals surface area contributed by atoms with E-state index in [9.17, 15) is 18.0 Å². The fourth-order valence-corrected chi connectivity index (χ4v) is 6.41. The van der Waals surface area contributed by atoms with Gasteiger partial charge in [-0.15, -0.1) is 0 Å². The molecule has 5 rings (SSSR count). The van der Waals surface area contributed by atoms with Crippen LogP contribution in [0, 0.1) is 0 Å². The molecule has 1 unspecified atom stereocenters. The Bertz CT molecular complexity index is 1440. The van der Waals surface area contributed by atoms with Gasteiger partial charge in [-0.3, -0.25) is 4.79 Å². The van der Waals surface area contributed by atoms with Crippen LogP contribution in [0.2, 0.25) is 0 Å². The molecule has 1 aliphatic carbocycles. The minimum atomic E-state index is -2.84. The number of para-hydroxylation sites is 2. The maximum Gasteiger partial charge on any atom is 0.407 e. The van der Waals surface area contributed by atoms with Crippen LogP contribution in [0.1, 0.15) is 52.2 Å². The van der Waals surface area contributed by atoms with Crippen molar-refractivity contribution in [3.05, 3.63) is 95.1 Å². The van der Waals surface area contributed by atoms with Crippen LogP contribution in [0.25, 0.3) is 0 Å². The third-order valence-corrected chi connectivity index (χ3v) is 9.15. The van der Waals surface area contributed by atoms with Gasteiger partial charge in [0.1, 0.15) is 16.4 Å². The summed E-state index contributed by atoms with van der Waals surface area (Å²) in [5.74, 6) is 0.727. The highest BCUT2D eigenvalue weighted by molar-refractivity contribution is 7.91. The van der Waals surface area contributed by atoms with Crippen molar-refractivity contribution in [3.63, 3.8) is 0 Å². The van der Waals surface area contributed by atoms with E-state index in [4.69, 9.17) is 10.5 Å². The van der Waals surface area contributed by atoms with E-state index >= 15 is 0 Å². The van der Waals surface area contributed by atoms with E-state index in [1.807, 2.05) is 12.1 Å². The molecule has 1 saturated heterocycles. The van der Waals surface area contributed by atoms with E-state index in [1.54, 1.807) is 48.5 Å². The van der Waals surface area contributed by atoms with Gasteiger partial charge in [-0.25, -0.2) is 13.2 Å². The van der Waals surface area contributed by atoms with Gasteiger partial charge >= 0.3 is 6.09 Å². The van der Waals surface area contributed by atoms with E-state index in [0.29, 0.717) is 41.7 Å². The maximum absolute atomic E-state index is 12.5. The first-order chi connectivity index (χ1) is 19.3. The van der Waals surface area contributed by atoms with Crippen LogP contribution >= 0.6 is 0 Å². The van der Waals surface area contributed by atoms with E-state index in [1.165, 1.54) is 5.56 Å². The fraction of sp³-hybridized carbons (Fsp3) is 0.333. The molecule has 0 aromatic heterocycles. The van der Waals surface area contributed by atoms with Crippen molar-refractivity contribution in [2.45, 2.75) is 50.4 Å². The highest BCUT2D eigenvalue weighted by Gasteiger charge is 2.40. The van der Waals surface area contributed by atoms with E-state index in [2.05, 4.69) is 28.1 Å². The van der Waals surface area contributed by atoms with Crippen LogP contribution in [-0.2, 0) is 27.7 Å².